The molecule has 0 amide bonds. The molecule has 0 unspecified atom stereocenters. The first-order valence-corrected chi connectivity index (χ1v) is 12.4. The van der Waals surface area contributed by atoms with Crippen molar-refractivity contribution < 1.29 is 4.42 Å². The molecule has 1 aliphatic heterocycles. The van der Waals surface area contributed by atoms with Crippen LogP contribution in [0.1, 0.15) is 11.3 Å². The zero-order valence-electron chi connectivity index (χ0n) is 20.3. The van der Waals surface area contributed by atoms with Gasteiger partial charge in [-0.25, -0.2) is 9.97 Å². The molecule has 0 aliphatic carbocycles. The van der Waals surface area contributed by atoms with E-state index in [1.165, 1.54) is 5.56 Å². The van der Waals surface area contributed by atoms with Crippen LogP contribution in [0, 0.1) is 6.92 Å². The summed E-state index contributed by atoms with van der Waals surface area (Å²) in [6, 6.07) is 24.4. The smallest absolute Gasteiger partial charge is 0.229 e. The highest BCUT2D eigenvalue weighted by Crippen LogP contribution is 2.32. The van der Waals surface area contributed by atoms with E-state index in [1.807, 2.05) is 48.7 Å². The molecular formula is C29H28N6O. The van der Waals surface area contributed by atoms with Gasteiger partial charge in [-0.2, -0.15) is 4.98 Å². The van der Waals surface area contributed by atoms with Crippen molar-refractivity contribution >= 4 is 17.0 Å². The van der Waals surface area contributed by atoms with Crippen LogP contribution < -0.4 is 4.90 Å². The average Bonchev–Trinajstić information content (AvgIpc) is 3.38. The fourth-order valence-corrected chi connectivity index (χ4v) is 4.56. The second-order valence-corrected chi connectivity index (χ2v) is 9.17. The van der Waals surface area contributed by atoms with E-state index in [0.29, 0.717) is 22.9 Å². The number of pyridine rings is 1. The maximum atomic E-state index is 6.28. The van der Waals surface area contributed by atoms with Crippen molar-refractivity contribution in [3.63, 3.8) is 0 Å². The molecule has 1 saturated heterocycles. The van der Waals surface area contributed by atoms with E-state index in [-0.39, 0.29) is 0 Å². The summed E-state index contributed by atoms with van der Waals surface area (Å²) in [6.07, 6.45) is 2.82. The molecule has 180 valence electrons. The van der Waals surface area contributed by atoms with Gasteiger partial charge in [0, 0.05) is 62.2 Å². The molecule has 1 fully saturated rings. The van der Waals surface area contributed by atoms with E-state index in [0.717, 1.165) is 61.8 Å². The number of nitrogens with zero attached hydrogens (tertiary/aromatic N) is 6. The Morgan fingerprint density at radius 2 is 1.56 bits per heavy atom. The number of aryl methyl sites for hydroxylation is 1. The van der Waals surface area contributed by atoms with E-state index in [9.17, 15) is 0 Å². The number of anilines is 1. The van der Waals surface area contributed by atoms with Crippen molar-refractivity contribution in [1.82, 2.24) is 24.8 Å². The van der Waals surface area contributed by atoms with Crippen molar-refractivity contribution in [2.75, 3.05) is 37.6 Å². The van der Waals surface area contributed by atoms with Crippen LogP contribution in [0.4, 0.5) is 5.82 Å². The van der Waals surface area contributed by atoms with Crippen LogP contribution in [0.3, 0.4) is 0 Å². The number of hydrogen-bond donors (Lipinski definition) is 0. The van der Waals surface area contributed by atoms with Crippen molar-refractivity contribution in [3.05, 3.63) is 90.3 Å². The third kappa shape index (κ3) is 4.70. The number of piperazine rings is 1. The summed E-state index contributed by atoms with van der Waals surface area (Å²) in [5.41, 5.74) is 5.48. The van der Waals surface area contributed by atoms with E-state index in [2.05, 4.69) is 52.0 Å². The van der Waals surface area contributed by atoms with Crippen LogP contribution in [0.5, 0.6) is 0 Å². The summed E-state index contributed by atoms with van der Waals surface area (Å²) < 4.78 is 6.28. The Morgan fingerprint density at radius 1 is 0.778 bits per heavy atom. The number of oxazole rings is 1. The Morgan fingerprint density at radius 3 is 2.31 bits per heavy atom. The van der Waals surface area contributed by atoms with Crippen molar-refractivity contribution in [2.45, 2.75) is 13.3 Å². The van der Waals surface area contributed by atoms with E-state index in [4.69, 9.17) is 19.4 Å². The summed E-state index contributed by atoms with van der Waals surface area (Å²) in [6.45, 7) is 6.72. The molecule has 4 heterocycles. The molecule has 7 heteroatoms. The van der Waals surface area contributed by atoms with Crippen LogP contribution in [0.25, 0.3) is 34.1 Å². The van der Waals surface area contributed by atoms with Gasteiger partial charge in [-0.1, -0.05) is 54.1 Å². The van der Waals surface area contributed by atoms with Crippen LogP contribution >= 0.6 is 0 Å². The molecule has 1 aliphatic rings. The molecule has 0 saturated carbocycles. The zero-order chi connectivity index (χ0) is 24.3. The normalized spacial score (nSPS) is 14.4. The van der Waals surface area contributed by atoms with Crippen molar-refractivity contribution in [3.8, 4) is 22.8 Å². The standard InChI is InChI=1S/C29H28N6O/c1-21-10-12-22(13-11-21)26-31-27-25(36-29(33-27)23-7-3-2-4-8-23)28(32-26)35-19-17-34(18-20-35)16-14-24-9-5-6-15-30-24/h2-13,15H,14,16-20H2,1H3. The molecule has 36 heavy (non-hydrogen) atoms. The Kier molecular flexibility index (Phi) is 6.13. The summed E-state index contributed by atoms with van der Waals surface area (Å²) in [7, 11) is 0. The van der Waals surface area contributed by atoms with Crippen LogP contribution in [0.2, 0.25) is 0 Å². The predicted molar refractivity (Wildman–Crippen MR) is 142 cm³/mol. The number of fused-ring (bicyclic) bond motifs is 1. The maximum absolute atomic E-state index is 6.28. The van der Waals surface area contributed by atoms with Crippen molar-refractivity contribution in [2.24, 2.45) is 0 Å². The zero-order valence-corrected chi connectivity index (χ0v) is 20.3. The molecule has 2 aromatic carbocycles. The van der Waals surface area contributed by atoms with Crippen LogP contribution in [-0.2, 0) is 6.42 Å². The van der Waals surface area contributed by atoms with Gasteiger partial charge in [0.1, 0.15) is 0 Å². The number of rotatable bonds is 6. The Balaban J connectivity index is 1.29. The van der Waals surface area contributed by atoms with Gasteiger partial charge in [-0.05, 0) is 31.2 Å². The van der Waals surface area contributed by atoms with Gasteiger partial charge >= 0.3 is 0 Å². The highest BCUT2D eigenvalue weighted by molar-refractivity contribution is 5.85. The minimum absolute atomic E-state index is 0.566. The fourth-order valence-electron chi connectivity index (χ4n) is 4.56. The Labute approximate surface area is 210 Å². The molecule has 0 radical (unpaired) electrons. The van der Waals surface area contributed by atoms with Gasteiger partial charge in [-0.3, -0.25) is 9.88 Å². The largest absolute Gasteiger partial charge is 0.430 e. The molecule has 3 aromatic heterocycles. The van der Waals surface area contributed by atoms with E-state index < -0.39 is 0 Å². The lowest BCUT2D eigenvalue weighted by Gasteiger charge is -2.35. The summed E-state index contributed by atoms with van der Waals surface area (Å²) in [4.78, 5) is 23.8. The van der Waals surface area contributed by atoms with E-state index in [1.54, 1.807) is 0 Å². The van der Waals surface area contributed by atoms with Crippen LogP contribution in [-0.4, -0.2) is 57.6 Å². The molecule has 6 rings (SSSR count). The Hall–Kier alpha value is -4.10. The third-order valence-electron chi connectivity index (χ3n) is 6.65. The van der Waals surface area contributed by atoms with Gasteiger partial charge in [-0.15, -0.1) is 0 Å². The first-order chi connectivity index (χ1) is 17.7. The lowest BCUT2D eigenvalue weighted by Crippen LogP contribution is -2.47. The monoisotopic (exact) mass is 476 g/mol. The second-order valence-electron chi connectivity index (χ2n) is 9.17. The molecule has 7 nitrogen and oxygen atoms in total. The Bertz CT molecular complexity index is 1440. The van der Waals surface area contributed by atoms with Crippen LogP contribution in [0.15, 0.2) is 83.4 Å². The molecule has 0 spiro atoms. The summed E-state index contributed by atoms with van der Waals surface area (Å²) in [5, 5.41) is 0. The van der Waals surface area contributed by atoms with Gasteiger partial charge in [0.15, 0.2) is 11.6 Å². The maximum Gasteiger partial charge on any atom is 0.229 e. The molecule has 0 atom stereocenters. The molecular weight excluding hydrogens is 448 g/mol. The first kappa shape index (κ1) is 22.4. The van der Waals surface area contributed by atoms with Gasteiger partial charge < -0.3 is 9.32 Å². The average molecular weight is 477 g/mol. The molecule has 5 aromatic rings. The topological polar surface area (TPSA) is 71.2 Å². The van der Waals surface area contributed by atoms with Crippen molar-refractivity contribution in [1.29, 1.82) is 0 Å². The SMILES string of the molecule is Cc1ccc(-c2nc(N3CCN(CCc4ccccn4)CC3)c3oc(-c4ccccc4)nc3n2)cc1. The lowest BCUT2D eigenvalue weighted by atomic mass is 10.1. The minimum atomic E-state index is 0.566. The minimum Gasteiger partial charge on any atom is -0.430 e. The fraction of sp³-hybridized carbons (Fsp3) is 0.241. The van der Waals surface area contributed by atoms with Gasteiger partial charge in [0.25, 0.3) is 0 Å². The third-order valence-corrected chi connectivity index (χ3v) is 6.65. The molecule has 0 N–H and O–H groups in total. The highest BCUT2D eigenvalue weighted by Gasteiger charge is 2.24. The second kappa shape index (κ2) is 9.87. The number of benzene rings is 2. The van der Waals surface area contributed by atoms with Gasteiger partial charge in [0.2, 0.25) is 17.1 Å². The predicted octanol–water partition coefficient (Wildman–Crippen LogP) is 5.02. The number of hydrogen-bond acceptors (Lipinski definition) is 7. The quantitative estimate of drug-likeness (QED) is 0.341. The number of aromatic nitrogens is 4. The molecule has 0 bridgehead atoms. The highest BCUT2D eigenvalue weighted by atomic mass is 16.4. The first-order valence-electron chi connectivity index (χ1n) is 12.4. The van der Waals surface area contributed by atoms with E-state index >= 15 is 0 Å². The lowest BCUT2D eigenvalue weighted by molar-refractivity contribution is 0.259. The summed E-state index contributed by atoms with van der Waals surface area (Å²) in [5.74, 6) is 2.05. The summed E-state index contributed by atoms with van der Waals surface area (Å²) >= 11 is 0. The van der Waals surface area contributed by atoms with Gasteiger partial charge in [0.05, 0.1) is 0 Å².